The van der Waals surface area contributed by atoms with Gasteiger partial charge < -0.3 is 14.8 Å². The number of ether oxygens (including phenoxy) is 2. The molecule has 27 heavy (non-hydrogen) atoms. The zero-order valence-electron chi connectivity index (χ0n) is 15.7. The third-order valence-corrected chi connectivity index (χ3v) is 4.29. The largest absolute Gasteiger partial charge is 0.496 e. The van der Waals surface area contributed by atoms with Crippen molar-refractivity contribution in [3.8, 4) is 17.2 Å². The maximum atomic E-state index is 12.6. The van der Waals surface area contributed by atoms with Gasteiger partial charge in [0.25, 0.3) is 5.91 Å². The molecule has 3 rings (SSSR count). The predicted octanol–water partition coefficient (Wildman–Crippen LogP) is 5.29. The highest BCUT2D eigenvalue weighted by Gasteiger charge is 2.15. The van der Waals surface area contributed by atoms with Crippen LogP contribution < -0.4 is 14.8 Å². The molecule has 4 heteroatoms. The standard InChI is InChI=1S/C23H23NO3/c1-16-9-14-22(26-3)21(15-16)17(2)24-23(25)18-10-12-20(13-11-18)27-19-7-5-4-6-8-19/h4-15,17H,1-3H3,(H,24,25). The molecule has 138 valence electrons. The average Bonchev–Trinajstić information content (AvgIpc) is 2.69. The van der Waals surface area contributed by atoms with Gasteiger partial charge in [-0.1, -0.05) is 35.9 Å². The summed E-state index contributed by atoms with van der Waals surface area (Å²) in [7, 11) is 1.63. The lowest BCUT2D eigenvalue weighted by Crippen LogP contribution is -2.27. The molecule has 0 heterocycles. The second-order valence-corrected chi connectivity index (χ2v) is 6.38. The smallest absolute Gasteiger partial charge is 0.251 e. The van der Waals surface area contributed by atoms with E-state index in [1.54, 1.807) is 31.4 Å². The molecule has 0 aliphatic rings. The third-order valence-electron chi connectivity index (χ3n) is 4.29. The lowest BCUT2D eigenvalue weighted by atomic mass is 10.0. The van der Waals surface area contributed by atoms with E-state index < -0.39 is 0 Å². The van der Waals surface area contributed by atoms with Gasteiger partial charge >= 0.3 is 0 Å². The van der Waals surface area contributed by atoms with Crippen LogP contribution in [0.5, 0.6) is 17.2 Å². The summed E-state index contributed by atoms with van der Waals surface area (Å²) in [6.45, 7) is 3.96. The highest BCUT2D eigenvalue weighted by molar-refractivity contribution is 5.94. The van der Waals surface area contributed by atoms with Crippen molar-refractivity contribution >= 4 is 5.91 Å². The van der Waals surface area contributed by atoms with Gasteiger partial charge in [-0.05, 0) is 56.3 Å². The maximum Gasteiger partial charge on any atom is 0.251 e. The molecule has 1 atom stereocenters. The number of carbonyl (C=O) groups is 1. The molecular weight excluding hydrogens is 338 g/mol. The number of nitrogens with one attached hydrogen (secondary N) is 1. The zero-order valence-corrected chi connectivity index (χ0v) is 15.7. The van der Waals surface area contributed by atoms with Gasteiger partial charge in [0.1, 0.15) is 17.2 Å². The molecular formula is C23H23NO3. The molecule has 0 bridgehead atoms. The van der Waals surface area contributed by atoms with Gasteiger partial charge in [-0.2, -0.15) is 0 Å². The van der Waals surface area contributed by atoms with Crippen LogP contribution >= 0.6 is 0 Å². The first-order valence-corrected chi connectivity index (χ1v) is 8.85. The lowest BCUT2D eigenvalue weighted by molar-refractivity contribution is 0.0939. The van der Waals surface area contributed by atoms with Gasteiger partial charge in [-0.3, -0.25) is 4.79 Å². The number of benzene rings is 3. The van der Waals surface area contributed by atoms with E-state index in [-0.39, 0.29) is 11.9 Å². The van der Waals surface area contributed by atoms with E-state index in [0.29, 0.717) is 11.3 Å². The van der Waals surface area contributed by atoms with Gasteiger partial charge in [0, 0.05) is 11.1 Å². The Balaban J connectivity index is 1.68. The Morgan fingerprint density at radius 2 is 1.59 bits per heavy atom. The number of hydrogen-bond acceptors (Lipinski definition) is 3. The van der Waals surface area contributed by atoms with Crippen molar-refractivity contribution in [3.63, 3.8) is 0 Å². The second kappa shape index (κ2) is 8.41. The van der Waals surface area contributed by atoms with Crippen molar-refractivity contribution < 1.29 is 14.3 Å². The minimum Gasteiger partial charge on any atom is -0.496 e. The summed E-state index contributed by atoms with van der Waals surface area (Å²) >= 11 is 0. The Labute approximate surface area is 159 Å². The zero-order chi connectivity index (χ0) is 19.2. The van der Waals surface area contributed by atoms with Gasteiger partial charge in [0.05, 0.1) is 13.2 Å². The number of amides is 1. The van der Waals surface area contributed by atoms with Gasteiger partial charge in [-0.15, -0.1) is 0 Å². The van der Waals surface area contributed by atoms with Crippen molar-refractivity contribution in [2.75, 3.05) is 7.11 Å². The van der Waals surface area contributed by atoms with E-state index in [0.717, 1.165) is 22.6 Å². The summed E-state index contributed by atoms with van der Waals surface area (Å²) in [5.74, 6) is 2.07. The predicted molar refractivity (Wildman–Crippen MR) is 107 cm³/mol. The van der Waals surface area contributed by atoms with Crippen LogP contribution in [0.25, 0.3) is 0 Å². The summed E-state index contributed by atoms with van der Waals surface area (Å²) < 4.78 is 11.2. The molecule has 0 aliphatic heterocycles. The molecule has 0 aromatic heterocycles. The van der Waals surface area contributed by atoms with E-state index in [1.165, 1.54) is 0 Å². The minimum absolute atomic E-state index is 0.141. The molecule has 0 fully saturated rings. The molecule has 3 aromatic carbocycles. The Bertz CT molecular complexity index is 905. The van der Waals surface area contributed by atoms with Crippen LogP contribution in [0, 0.1) is 6.92 Å². The molecule has 0 saturated carbocycles. The summed E-state index contributed by atoms with van der Waals surface area (Å²) in [4.78, 5) is 12.6. The molecule has 1 unspecified atom stereocenters. The van der Waals surface area contributed by atoms with E-state index in [9.17, 15) is 4.79 Å². The summed E-state index contributed by atoms with van der Waals surface area (Å²) in [6.07, 6.45) is 0. The Hall–Kier alpha value is -3.27. The number of hydrogen-bond donors (Lipinski definition) is 1. The van der Waals surface area contributed by atoms with Gasteiger partial charge in [0.15, 0.2) is 0 Å². The van der Waals surface area contributed by atoms with Gasteiger partial charge in [-0.25, -0.2) is 0 Å². The van der Waals surface area contributed by atoms with Crippen LogP contribution in [0.3, 0.4) is 0 Å². The molecule has 0 saturated heterocycles. The summed E-state index contributed by atoms with van der Waals surface area (Å²) in [5, 5.41) is 3.02. The minimum atomic E-state index is -0.174. The number of carbonyl (C=O) groups excluding carboxylic acids is 1. The van der Waals surface area contributed by atoms with Crippen molar-refractivity contribution in [1.82, 2.24) is 5.32 Å². The van der Waals surface area contributed by atoms with E-state index in [4.69, 9.17) is 9.47 Å². The first-order valence-electron chi connectivity index (χ1n) is 8.85. The summed E-state index contributed by atoms with van der Waals surface area (Å²) in [6, 6.07) is 22.4. The van der Waals surface area contributed by atoms with E-state index in [2.05, 4.69) is 5.32 Å². The summed E-state index contributed by atoms with van der Waals surface area (Å²) in [5.41, 5.74) is 2.65. The molecule has 0 radical (unpaired) electrons. The second-order valence-electron chi connectivity index (χ2n) is 6.38. The molecule has 4 nitrogen and oxygen atoms in total. The normalized spacial score (nSPS) is 11.5. The van der Waals surface area contributed by atoms with Crippen LogP contribution in [0.2, 0.25) is 0 Å². The van der Waals surface area contributed by atoms with Gasteiger partial charge in [0.2, 0.25) is 0 Å². The SMILES string of the molecule is COc1ccc(C)cc1C(C)NC(=O)c1ccc(Oc2ccccc2)cc1. The quantitative estimate of drug-likeness (QED) is 0.649. The first-order chi connectivity index (χ1) is 13.1. The molecule has 1 N–H and O–H groups in total. The third kappa shape index (κ3) is 4.67. The molecule has 0 spiro atoms. The average molecular weight is 361 g/mol. The van der Waals surface area contributed by atoms with Crippen LogP contribution in [0.4, 0.5) is 0 Å². The number of rotatable bonds is 6. The van der Waals surface area contributed by atoms with Crippen molar-refractivity contribution in [3.05, 3.63) is 89.5 Å². The molecule has 3 aromatic rings. The fourth-order valence-electron chi connectivity index (χ4n) is 2.85. The maximum absolute atomic E-state index is 12.6. The van der Waals surface area contributed by atoms with Crippen LogP contribution in [0.15, 0.2) is 72.8 Å². The lowest BCUT2D eigenvalue weighted by Gasteiger charge is -2.18. The van der Waals surface area contributed by atoms with Crippen molar-refractivity contribution in [2.24, 2.45) is 0 Å². The number of para-hydroxylation sites is 1. The molecule has 0 aliphatic carbocycles. The van der Waals surface area contributed by atoms with Crippen LogP contribution in [-0.2, 0) is 0 Å². The topological polar surface area (TPSA) is 47.6 Å². The van der Waals surface area contributed by atoms with Crippen LogP contribution in [0.1, 0.15) is 34.5 Å². The monoisotopic (exact) mass is 361 g/mol. The fourth-order valence-corrected chi connectivity index (χ4v) is 2.85. The Kier molecular flexibility index (Phi) is 5.77. The van der Waals surface area contributed by atoms with Crippen molar-refractivity contribution in [2.45, 2.75) is 19.9 Å². The highest BCUT2D eigenvalue weighted by Crippen LogP contribution is 2.26. The van der Waals surface area contributed by atoms with Crippen molar-refractivity contribution in [1.29, 1.82) is 0 Å². The number of methoxy groups -OCH3 is 1. The Morgan fingerprint density at radius 1 is 0.926 bits per heavy atom. The van der Waals surface area contributed by atoms with E-state index >= 15 is 0 Å². The fraction of sp³-hybridized carbons (Fsp3) is 0.174. The van der Waals surface area contributed by atoms with E-state index in [1.807, 2.05) is 62.4 Å². The Morgan fingerprint density at radius 3 is 2.26 bits per heavy atom. The van der Waals surface area contributed by atoms with Crippen LogP contribution in [-0.4, -0.2) is 13.0 Å². The first kappa shape index (κ1) is 18.5. The highest BCUT2D eigenvalue weighted by atomic mass is 16.5. The molecule has 1 amide bonds. The number of aryl methyl sites for hydroxylation is 1.